The van der Waals surface area contributed by atoms with Crippen LogP contribution in [0.2, 0.25) is 0 Å². The number of carbonyl (C=O) groups excluding carboxylic acids is 1. The lowest BCUT2D eigenvalue weighted by molar-refractivity contribution is -0.120. The van der Waals surface area contributed by atoms with E-state index in [2.05, 4.69) is 27.3 Å². The first-order chi connectivity index (χ1) is 11.7. The van der Waals surface area contributed by atoms with Crippen LogP contribution < -0.4 is 10.2 Å². The Hall–Kier alpha value is -2.91. The second kappa shape index (κ2) is 5.95. The van der Waals surface area contributed by atoms with E-state index in [1.165, 1.54) is 0 Å². The lowest BCUT2D eigenvalue weighted by atomic mass is 10.00. The van der Waals surface area contributed by atoms with Crippen molar-refractivity contribution < 1.29 is 4.79 Å². The van der Waals surface area contributed by atoms with Crippen LogP contribution in [0, 0.1) is 17.2 Å². The highest BCUT2D eigenvalue weighted by Gasteiger charge is 2.34. The number of benzene rings is 2. The number of hydrogen-bond acceptors (Lipinski definition) is 5. The Morgan fingerprint density at radius 2 is 2.08 bits per heavy atom. The molecule has 5 nitrogen and oxygen atoms in total. The van der Waals surface area contributed by atoms with Crippen molar-refractivity contribution in [1.29, 1.82) is 5.26 Å². The molecule has 1 fully saturated rings. The molecular weight excluding hydrogens is 320 g/mol. The smallest absolute Gasteiger partial charge is 0.231 e. The first-order valence-corrected chi connectivity index (χ1v) is 8.46. The highest BCUT2D eigenvalue weighted by Crippen LogP contribution is 2.33. The molecule has 1 N–H and O–H groups in total. The van der Waals surface area contributed by atoms with Crippen molar-refractivity contribution in [3.8, 4) is 6.07 Å². The molecule has 4 rings (SSSR count). The Balaban J connectivity index is 1.39. The van der Waals surface area contributed by atoms with Crippen molar-refractivity contribution >= 4 is 38.3 Å². The summed E-state index contributed by atoms with van der Waals surface area (Å²) in [7, 11) is 0. The van der Waals surface area contributed by atoms with Crippen molar-refractivity contribution in [2.24, 2.45) is 5.92 Å². The number of fused-ring (bicyclic) bond motifs is 1. The van der Waals surface area contributed by atoms with Gasteiger partial charge in [-0.1, -0.05) is 29.5 Å². The van der Waals surface area contributed by atoms with Crippen LogP contribution in [0.3, 0.4) is 0 Å². The number of hydrogen-bond donors (Lipinski definition) is 1. The number of rotatable bonds is 3. The van der Waals surface area contributed by atoms with Gasteiger partial charge in [0.05, 0.1) is 27.8 Å². The Bertz CT molecular complexity index is 920. The normalized spacial score (nSPS) is 14.2. The number of nitriles is 1. The molecule has 3 aromatic rings. The minimum absolute atomic E-state index is 0.0116. The standard InChI is InChI=1S/C18H14N4OS/c19-9-12-4-3-5-14(8-12)20-17(23)13-10-22(11-13)18-21-15-6-1-2-7-16(15)24-18/h1-8,13H,10-11H2,(H,20,23). The average molecular weight is 334 g/mol. The van der Waals surface area contributed by atoms with Crippen LogP contribution in [0.4, 0.5) is 10.8 Å². The molecule has 0 radical (unpaired) electrons. The molecule has 24 heavy (non-hydrogen) atoms. The highest BCUT2D eigenvalue weighted by atomic mass is 32.1. The van der Waals surface area contributed by atoms with Gasteiger partial charge in [0, 0.05) is 18.8 Å². The van der Waals surface area contributed by atoms with Gasteiger partial charge in [0.15, 0.2) is 5.13 Å². The van der Waals surface area contributed by atoms with E-state index in [0.717, 1.165) is 15.3 Å². The zero-order valence-corrected chi connectivity index (χ0v) is 13.6. The van der Waals surface area contributed by atoms with Gasteiger partial charge in [0.2, 0.25) is 5.91 Å². The minimum atomic E-state index is -0.0530. The fourth-order valence-corrected chi connectivity index (χ4v) is 3.69. The SMILES string of the molecule is N#Cc1cccc(NC(=O)C2CN(c3nc4ccccc4s3)C2)c1. The summed E-state index contributed by atoms with van der Waals surface area (Å²) in [6, 6.07) is 17.1. The van der Waals surface area contributed by atoms with Crippen LogP contribution in [0.1, 0.15) is 5.56 Å². The molecular formula is C18H14N4OS. The summed E-state index contributed by atoms with van der Waals surface area (Å²) in [4.78, 5) is 19.0. The largest absolute Gasteiger partial charge is 0.346 e. The van der Waals surface area contributed by atoms with Gasteiger partial charge in [-0.2, -0.15) is 5.26 Å². The summed E-state index contributed by atoms with van der Waals surface area (Å²) >= 11 is 1.65. The van der Waals surface area contributed by atoms with Crippen molar-refractivity contribution in [2.75, 3.05) is 23.3 Å². The second-order valence-corrected chi connectivity index (χ2v) is 6.76. The molecule has 1 amide bonds. The van der Waals surface area contributed by atoms with Crippen LogP contribution in [0.15, 0.2) is 48.5 Å². The maximum absolute atomic E-state index is 12.3. The summed E-state index contributed by atoms with van der Waals surface area (Å²) in [5, 5.41) is 12.8. The maximum atomic E-state index is 12.3. The number of anilines is 2. The van der Waals surface area contributed by atoms with Crippen LogP contribution in [-0.4, -0.2) is 24.0 Å². The van der Waals surface area contributed by atoms with E-state index >= 15 is 0 Å². The van der Waals surface area contributed by atoms with Crippen LogP contribution >= 0.6 is 11.3 Å². The van der Waals surface area contributed by atoms with Crippen LogP contribution in [0.5, 0.6) is 0 Å². The topological polar surface area (TPSA) is 69.0 Å². The summed E-state index contributed by atoms with van der Waals surface area (Å²) in [5.41, 5.74) is 2.20. The number of para-hydroxylation sites is 1. The summed E-state index contributed by atoms with van der Waals surface area (Å²) in [6.45, 7) is 1.34. The van der Waals surface area contributed by atoms with E-state index in [0.29, 0.717) is 24.3 Å². The highest BCUT2D eigenvalue weighted by molar-refractivity contribution is 7.22. The molecule has 6 heteroatoms. The number of thiazole rings is 1. The Kier molecular flexibility index (Phi) is 3.63. The molecule has 1 aliphatic heterocycles. The average Bonchev–Trinajstić information content (AvgIpc) is 2.97. The predicted octanol–water partition coefficient (Wildman–Crippen LogP) is 3.24. The van der Waals surface area contributed by atoms with Crippen molar-refractivity contribution in [3.63, 3.8) is 0 Å². The number of nitrogens with zero attached hydrogens (tertiary/aromatic N) is 3. The molecule has 0 aliphatic carbocycles. The number of carbonyl (C=O) groups is 1. The number of aromatic nitrogens is 1. The van der Waals surface area contributed by atoms with Crippen molar-refractivity contribution in [1.82, 2.24) is 4.98 Å². The molecule has 1 saturated heterocycles. The van der Waals surface area contributed by atoms with E-state index < -0.39 is 0 Å². The third-order valence-electron chi connectivity index (χ3n) is 4.06. The summed E-state index contributed by atoms with van der Waals surface area (Å²) in [5.74, 6) is -0.0646. The summed E-state index contributed by atoms with van der Waals surface area (Å²) < 4.78 is 1.16. The molecule has 2 heterocycles. The zero-order valence-electron chi connectivity index (χ0n) is 12.8. The maximum Gasteiger partial charge on any atom is 0.231 e. The van der Waals surface area contributed by atoms with Gasteiger partial charge >= 0.3 is 0 Å². The van der Waals surface area contributed by atoms with Gasteiger partial charge in [-0.3, -0.25) is 4.79 Å². The van der Waals surface area contributed by atoms with Gasteiger partial charge in [-0.05, 0) is 30.3 Å². The lowest BCUT2D eigenvalue weighted by Crippen LogP contribution is -2.52. The van der Waals surface area contributed by atoms with Gasteiger partial charge < -0.3 is 10.2 Å². The fraction of sp³-hybridized carbons (Fsp3) is 0.167. The van der Waals surface area contributed by atoms with Gasteiger partial charge in [0.1, 0.15) is 0 Å². The van der Waals surface area contributed by atoms with E-state index in [1.54, 1.807) is 35.6 Å². The molecule has 0 saturated carbocycles. The van der Waals surface area contributed by atoms with Gasteiger partial charge in [-0.15, -0.1) is 0 Å². The summed E-state index contributed by atoms with van der Waals surface area (Å²) in [6.07, 6.45) is 0. The third-order valence-corrected chi connectivity index (χ3v) is 5.16. The molecule has 0 spiro atoms. The van der Waals surface area contributed by atoms with Gasteiger partial charge in [-0.25, -0.2) is 4.98 Å². The van der Waals surface area contributed by atoms with E-state index in [-0.39, 0.29) is 11.8 Å². The van der Waals surface area contributed by atoms with Crippen molar-refractivity contribution in [2.45, 2.75) is 0 Å². The molecule has 0 atom stereocenters. The van der Waals surface area contributed by atoms with Crippen LogP contribution in [-0.2, 0) is 4.79 Å². The first kappa shape index (κ1) is 14.7. The molecule has 118 valence electrons. The van der Waals surface area contributed by atoms with Crippen LogP contribution in [0.25, 0.3) is 10.2 Å². The quantitative estimate of drug-likeness (QED) is 0.798. The molecule has 2 aromatic carbocycles. The Morgan fingerprint density at radius 1 is 1.25 bits per heavy atom. The molecule has 0 bridgehead atoms. The van der Waals surface area contributed by atoms with Crippen molar-refractivity contribution in [3.05, 3.63) is 54.1 Å². The monoisotopic (exact) mass is 334 g/mol. The van der Waals surface area contributed by atoms with E-state index in [9.17, 15) is 4.79 Å². The van der Waals surface area contributed by atoms with E-state index in [1.807, 2.05) is 18.2 Å². The number of amides is 1. The fourth-order valence-electron chi connectivity index (χ4n) is 2.71. The third kappa shape index (κ3) is 2.70. The lowest BCUT2D eigenvalue weighted by Gasteiger charge is -2.37. The molecule has 1 aromatic heterocycles. The predicted molar refractivity (Wildman–Crippen MR) is 95.1 cm³/mol. The molecule has 1 aliphatic rings. The minimum Gasteiger partial charge on any atom is -0.346 e. The zero-order chi connectivity index (χ0) is 16.5. The Morgan fingerprint density at radius 3 is 2.88 bits per heavy atom. The van der Waals surface area contributed by atoms with E-state index in [4.69, 9.17) is 5.26 Å². The van der Waals surface area contributed by atoms with Gasteiger partial charge in [0.25, 0.3) is 0 Å². The first-order valence-electron chi connectivity index (χ1n) is 7.64. The molecule has 0 unspecified atom stereocenters. The Labute approximate surface area is 143 Å². The number of nitrogens with one attached hydrogen (secondary N) is 1. The second-order valence-electron chi connectivity index (χ2n) is 5.75.